The van der Waals surface area contributed by atoms with Crippen molar-refractivity contribution in [2.24, 2.45) is 10.2 Å². The first-order valence-corrected chi connectivity index (χ1v) is 7.03. The van der Waals surface area contributed by atoms with Crippen LogP contribution >= 0.6 is 0 Å². The van der Waals surface area contributed by atoms with E-state index in [1.165, 1.54) is 11.9 Å². The van der Waals surface area contributed by atoms with Gasteiger partial charge in [-0.2, -0.15) is 10.2 Å². The van der Waals surface area contributed by atoms with Crippen LogP contribution in [-0.4, -0.2) is 23.8 Å². The van der Waals surface area contributed by atoms with Crippen LogP contribution < -0.4 is 0 Å². The number of carbonyl (C=O) groups is 2. The van der Waals surface area contributed by atoms with E-state index in [1.54, 1.807) is 6.07 Å². The van der Waals surface area contributed by atoms with Crippen molar-refractivity contribution in [1.29, 1.82) is 0 Å². The fourth-order valence-corrected chi connectivity index (χ4v) is 2.48. The van der Waals surface area contributed by atoms with Crippen molar-refractivity contribution in [3.8, 4) is 0 Å². The molecule has 1 saturated heterocycles. The topological polar surface area (TPSA) is 62.1 Å². The first kappa shape index (κ1) is 14.1. The molecule has 110 valence electrons. The molecule has 1 aliphatic heterocycles. The lowest BCUT2D eigenvalue weighted by atomic mass is 9.96. The molecule has 0 spiro atoms. The van der Waals surface area contributed by atoms with Gasteiger partial charge in [0.2, 0.25) is 11.8 Å². The number of hydrogen-bond donors (Lipinski definition) is 0. The van der Waals surface area contributed by atoms with Crippen molar-refractivity contribution < 1.29 is 9.59 Å². The van der Waals surface area contributed by atoms with E-state index < -0.39 is 5.92 Å². The number of rotatable bonds is 3. The molecule has 0 saturated carbocycles. The highest BCUT2D eigenvalue weighted by molar-refractivity contribution is 6.06. The number of likely N-dealkylation sites (tertiary alicyclic amines) is 1. The van der Waals surface area contributed by atoms with Crippen molar-refractivity contribution in [3.05, 3.63) is 60.2 Å². The van der Waals surface area contributed by atoms with Crippen LogP contribution in [0.3, 0.4) is 0 Å². The lowest BCUT2D eigenvalue weighted by molar-refractivity contribution is -0.137. The van der Waals surface area contributed by atoms with Gasteiger partial charge in [-0.15, -0.1) is 0 Å². The van der Waals surface area contributed by atoms with Gasteiger partial charge < -0.3 is 0 Å². The summed E-state index contributed by atoms with van der Waals surface area (Å²) < 4.78 is 0. The van der Waals surface area contributed by atoms with Crippen molar-refractivity contribution in [3.63, 3.8) is 0 Å². The molecule has 1 heterocycles. The molecule has 1 unspecified atom stereocenters. The van der Waals surface area contributed by atoms with E-state index in [1.807, 2.05) is 48.5 Å². The maximum atomic E-state index is 12.2. The molecule has 2 amide bonds. The predicted octanol–water partition coefficient (Wildman–Crippen LogP) is 3.57. The minimum absolute atomic E-state index is 0.162. The zero-order chi connectivity index (χ0) is 15.5. The average Bonchev–Trinajstić information content (AvgIpc) is 2.82. The standard InChI is InChI=1S/C17H15N3O2/c1-20-16(21)11-14(17(20)22)13-9-5-6-10-15(13)19-18-12-7-3-2-4-8-12/h2-10,14H,11H2,1H3. The highest BCUT2D eigenvalue weighted by atomic mass is 16.2. The van der Waals surface area contributed by atoms with Crippen molar-refractivity contribution in [2.75, 3.05) is 7.05 Å². The Morgan fingerprint density at radius 3 is 2.32 bits per heavy atom. The van der Waals surface area contributed by atoms with E-state index in [9.17, 15) is 9.59 Å². The van der Waals surface area contributed by atoms with Crippen LogP contribution in [0.1, 0.15) is 17.9 Å². The molecule has 2 aromatic rings. The summed E-state index contributed by atoms with van der Waals surface area (Å²) >= 11 is 0. The van der Waals surface area contributed by atoms with Gasteiger partial charge in [0, 0.05) is 13.5 Å². The summed E-state index contributed by atoms with van der Waals surface area (Å²) in [5.41, 5.74) is 2.10. The lowest BCUT2D eigenvalue weighted by Gasteiger charge is -2.10. The molecule has 0 radical (unpaired) electrons. The zero-order valence-electron chi connectivity index (χ0n) is 12.1. The molecule has 22 heavy (non-hydrogen) atoms. The minimum Gasteiger partial charge on any atom is -0.285 e. The molecular weight excluding hydrogens is 278 g/mol. The van der Waals surface area contributed by atoms with Gasteiger partial charge in [0.25, 0.3) is 0 Å². The Labute approximate surface area is 128 Å². The van der Waals surface area contributed by atoms with E-state index in [0.29, 0.717) is 5.69 Å². The van der Waals surface area contributed by atoms with Gasteiger partial charge in [-0.3, -0.25) is 14.5 Å². The monoisotopic (exact) mass is 293 g/mol. The highest BCUT2D eigenvalue weighted by Crippen LogP contribution is 2.35. The number of hydrogen-bond acceptors (Lipinski definition) is 4. The quantitative estimate of drug-likeness (QED) is 0.641. The van der Waals surface area contributed by atoms with Gasteiger partial charge in [0.1, 0.15) is 0 Å². The number of azo groups is 1. The second-order valence-corrected chi connectivity index (χ2v) is 5.14. The number of amides is 2. The minimum atomic E-state index is -0.469. The first-order valence-electron chi connectivity index (χ1n) is 7.03. The Balaban J connectivity index is 1.93. The van der Waals surface area contributed by atoms with E-state index >= 15 is 0 Å². The molecule has 1 fully saturated rings. The van der Waals surface area contributed by atoms with Crippen molar-refractivity contribution in [1.82, 2.24) is 4.90 Å². The summed E-state index contributed by atoms with van der Waals surface area (Å²) in [6.07, 6.45) is 0.188. The van der Waals surface area contributed by atoms with Crippen LogP contribution in [0.5, 0.6) is 0 Å². The van der Waals surface area contributed by atoms with Gasteiger partial charge in [0.15, 0.2) is 0 Å². The van der Waals surface area contributed by atoms with Gasteiger partial charge in [-0.25, -0.2) is 0 Å². The van der Waals surface area contributed by atoms with Crippen LogP contribution in [0.25, 0.3) is 0 Å². The molecule has 5 nitrogen and oxygen atoms in total. The van der Waals surface area contributed by atoms with E-state index in [-0.39, 0.29) is 18.2 Å². The van der Waals surface area contributed by atoms with Crippen molar-refractivity contribution >= 4 is 23.2 Å². The SMILES string of the molecule is CN1C(=O)CC(c2ccccc2N=Nc2ccccc2)C1=O. The first-order chi connectivity index (χ1) is 10.7. The molecule has 2 aromatic carbocycles. The van der Waals surface area contributed by atoms with Crippen LogP contribution in [0, 0.1) is 0 Å². The number of imide groups is 1. The molecule has 1 aliphatic rings. The van der Waals surface area contributed by atoms with Crippen LogP contribution in [0.15, 0.2) is 64.8 Å². The summed E-state index contributed by atoms with van der Waals surface area (Å²) in [4.78, 5) is 25.1. The van der Waals surface area contributed by atoms with Crippen molar-refractivity contribution in [2.45, 2.75) is 12.3 Å². The number of carbonyl (C=O) groups excluding carboxylic acids is 2. The Kier molecular flexibility index (Phi) is 3.78. The molecule has 0 aromatic heterocycles. The second kappa shape index (κ2) is 5.89. The van der Waals surface area contributed by atoms with Gasteiger partial charge in [-0.1, -0.05) is 36.4 Å². The average molecular weight is 293 g/mol. The third-order valence-electron chi connectivity index (χ3n) is 3.72. The smallest absolute Gasteiger partial charge is 0.237 e. The molecule has 0 aliphatic carbocycles. The molecule has 3 rings (SSSR count). The molecule has 5 heteroatoms. The fourth-order valence-electron chi connectivity index (χ4n) is 2.48. The highest BCUT2D eigenvalue weighted by Gasteiger charge is 2.38. The maximum Gasteiger partial charge on any atom is 0.237 e. The van der Waals surface area contributed by atoms with Crippen LogP contribution in [0.4, 0.5) is 11.4 Å². The number of benzene rings is 2. The summed E-state index contributed by atoms with van der Waals surface area (Å²) in [6.45, 7) is 0. The van der Waals surface area contributed by atoms with E-state index in [4.69, 9.17) is 0 Å². The third-order valence-corrected chi connectivity index (χ3v) is 3.72. The van der Waals surface area contributed by atoms with Gasteiger partial charge >= 0.3 is 0 Å². The van der Waals surface area contributed by atoms with E-state index in [0.717, 1.165) is 11.3 Å². The molecule has 1 atom stereocenters. The fraction of sp³-hybridized carbons (Fsp3) is 0.176. The Hall–Kier alpha value is -2.82. The molecule has 0 N–H and O–H groups in total. The normalized spacial score (nSPS) is 18.4. The number of nitrogens with zero attached hydrogens (tertiary/aromatic N) is 3. The maximum absolute atomic E-state index is 12.2. The second-order valence-electron chi connectivity index (χ2n) is 5.14. The van der Waals surface area contributed by atoms with Gasteiger partial charge in [-0.05, 0) is 23.8 Å². The Bertz CT molecular complexity index is 741. The van der Waals surface area contributed by atoms with Crippen LogP contribution in [0.2, 0.25) is 0 Å². The summed E-state index contributed by atoms with van der Waals surface area (Å²) in [5.74, 6) is -0.819. The summed E-state index contributed by atoms with van der Waals surface area (Å²) in [7, 11) is 1.51. The largest absolute Gasteiger partial charge is 0.285 e. The third kappa shape index (κ3) is 2.65. The van der Waals surface area contributed by atoms with Crippen LogP contribution in [-0.2, 0) is 9.59 Å². The molecule has 0 bridgehead atoms. The van der Waals surface area contributed by atoms with E-state index in [2.05, 4.69) is 10.2 Å². The number of likely N-dealkylation sites (N-methyl/N-ethyl adjacent to an activating group) is 1. The lowest BCUT2D eigenvalue weighted by Crippen LogP contribution is -2.25. The Morgan fingerprint density at radius 1 is 0.955 bits per heavy atom. The Morgan fingerprint density at radius 2 is 1.64 bits per heavy atom. The summed E-state index contributed by atoms with van der Waals surface area (Å²) in [6, 6.07) is 16.7. The zero-order valence-corrected chi connectivity index (χ0v) is 12.1. The van der Waals surface area contributed by atoms with Gasteiger partial charge in [0.05, 0.1) is 17.3 Å². The predicted molar refractivity (Wildman–Crippen MR) is 82.2 cm³/mol. The molecular formula is C17H15N3O2. The summed E-state index contributed by atoms with van der Waals surface area (Å²) in [5, 5.41) is 8.44.